The van der Waals surface area contributed by atoms with Crippen LogP contribution in [0.3, 0.4) is 0 Å². The van der Waals surface area contributed by atoms with E-state index in [0.29, 0.717) is 11.2 Å². The Morgan fingerprint density at radius 2 is 2.06 bits per heavy atom. The summed E-state index contributed by atoms with van der Waals surface area (Å²) in [5.74, 6) is -1.76. The first-order valence-electron chi connectivity index (χ1n) is 4.92. The van der Waals surface area contributed by atoms with E-state index in [1.807, 2.05) is 0 Å². The second-order valence-electron chi connectivity index (χ2n) is 3.66. The number of fused-ring (bicyclic) bond motifs is 2. The van der Waals surface area contributed by atoms with Crippen molar-refractivity contribution in [2.24, 2.45) is 9.98 Å². The Morgan fingerprint density at radius 3 is 2.82 bits per heavy atom. The molecule has 5 heteroatoms. The van der Waals surface area contributed by atoms with E-state index in [4.69, 9.17) is 5.11 Å². The molecule has 17 heavy (non-hydrogen) atoms. The topological polar surface area (TPSA) is 79.1 Å². The molecular formula is C12H6N2O3. The van der Waals surface area contributed by atoms with Crippen molar-refractivity contribution in [3.63, 3.8) is 0 Å². The molecule has 0 amide bonds. The van der Waals surface area contributed by atoms with Crippen LogP contribution in [-0.4, -0.2) is 22.7 Å². The molecule has 1 N–H and O–H groups in total. The maximum absolute atomic E-state index is 11.3. The van der Waals surface area contributed by atoms with Gasteiger partial charge in [0.2, 0.25) is 0 Å². The fraction of sp³-hybridized carbons (Fsp3) is 0. The maximum Gasteiger partial charge on any atom is 0.377 e. The summed E-state index contributed by atoms with van der Waals surface area (Å²) >= 11 is 0. The van der Waals surface area contributed by atoms with E-state index in [0.717, 1.165) is 10.8 Å². The van der Waals surface area contributed by atoms with Gasteiger partial charge in [-0.3, -0.25) is 4.79 Å². The molecule has 0 aliphatic carbocycles. The normalized spacial score (nSPS) is 15.1. The quantitative estimate of drug-likeness (QED) is 0.553. The summed E-state index contributed by atoms with van der Waals surface area (Å²) in [6, 6.07) is 4.64. The summed E-state index contributed by atoms with van der Waals surface area (Å²) < 4.78 is 0. The van der Waals surface area contributed by atoms with E-state index in [1.54, 1.807) is 24.4 Å². The van der Waals surface area contributed by atoms with Crippen LogP contribution in [0, 0.1) is 0 Å². The molecule has 0 atom stereocenters. The Balaban J connectivity index is 2.27. The fourth-order valence-corrected chi connectivity index (χ4v) is 1.85. The largest absolute Gasteiger partial charge is 0.475 e. The van der Waals surface area contributed by atoms with E-state index in [-0.39, 0.29) is 5.56 Å². The van der Waals surface area contributed by atoms with Crippen molar-refractivity contribution < 1.29 is 14.7 Å². The highest BCUT2D eigenvalue weighted by Gasteiger charge is 2.18. The van der Waals surface area contributed by atoms with Gasteiger partial charge in [0, 0.05) is 22.6 Å². The van der Waals surface area contributed by atoms with Gasteiger partial charge in [0.15, 0.2) is 5.84 Å². The lowest BCUT2D eigenvalue weighted by molar-refractivity contribution is -0.131. The monoisotopic (exact) mass is 226 g/mol. The lowest BCUT2D eigenvalue weighted by Crippen LogP contribution is -2.25. The molecule has 2 heterocycles. The Bertz CT molecular complexity index is 742. The number of benzene rings is 1. The summed E-state index contributed by atoms with van der Waals surface area (Å²) in [4.78, 5) is 30.3. The van der Waals surface area contributed by atoms with Gasteiger partial charge in [0.1, 0.15) is 0 Å². The number of carbonyl (C=O) groups excluding carboxylic acids is 1. The van der Waals surface area contributed by atoms with Crippen molar-refractivity contribution in [2.45, 2.75) is 0 Å². The Morgan fingerprint density at radius 1 is 1.24 bits per heavy atom. The van der Waals surface area contributed by atoms with E-state index < -0.39 is 11.8 Å². The molecule has 0 bridgehead atoms. The molecular weight excluding hydrogens is 220 g/mol. The van der Waals surface area contributed by atoms with E-state index in [9.17, 15) is 9.59 Å². The molecule has 0 radical (unpaired) electrons. The van der Waals surface area contributed by atoms with Gasteiger partial charge in [0.05, 0.1) is 5.36 Å². The van der Waals surface area contributed by atoms with Crippen LogP contribution in [0.15, 0.2) is 40.5 Å². The number of nitrogens with zero attached hydrogens (tertiary/aromatic N) is 2. The van der Waals surface area contributed by atoms with Gasteiger partial charge in [-0.15, -0.1) is 0 Å². The molecule has 0 aromatic heterocycles. The van der Waals surface area contributed by atoms with Crippen LogP contribution in [-0.2, 0) is 4.79 Å². The zero-order chi connectivity index (χ0) is 12.0. The molecule has 0 spiro atoms. The van der Waals surface area contributed by atoms with Gasteiger partial charge in [-0.05, 0) is 24.3 Å². The number of carboxylic acids is 1. The van der Waals surface area contributed by atoms with Gasteiger partial charge in [-0.25, -0.2) is 14.8 Å². The standard InChI is InChI=1S/C12H6N2O3/c15-10(12(16)17)6-1-2-9-8(5-6)7-3-4-13-11(7)14-9/h1-5H,(H,16,17). The molecule has 0 fully saturated rings. The van der Waals surface area contributed by atoms with E-state index >= 15 is 0 Å². The average molecular weight is 226 g/mol. The number of carboxylic acid groups (broad SMARTS) is 1. The predicted molar refractivity (Wildman–Crippen MR) is 59.2 cm³/mol. The zero-order valence-electron chi connectivity index (χ0n) is 8.54. The predicted octanol–water partition coefficient (Wildman–Crippen LogP) is -0.336. The molecule has 0 saturated heterocycles. The van der Waals surface area contributed by atoms with Crippen LogP contribution in [0.1, 0.15) is 10.4 Å². The van der Waals surface area contributed by atoms with Crippen LogP contribution in [0.4, 0.5) is 0 Å². The molecule has 1 aromatic carbocycles. The van der Waals surface area contributed by atoms with Crippen LogP contribution in [0.2, 0.25) is 0 Å². The smallest absolute Gasteiger partial charge is 0.377 e. The van der Waals surface area contributed by atoms with Gasteiger partial charge in [-0.2, -0.15) is 0 Å². The highest BCUT2D eigenvalue weighted by Crippen LogP contribution is 2.11. The summed E-state index contributed by atoms with van der Waals surface area (Å²) in [6.07, 6.45) is 3.42. The van der Waals surface area contributed by atoms with Crippen molar-refractivity contribution in [3.8, 4) is 0 Å². The Labute approximate surface area is 95.1 Å². The molecule has 2 aliphatic heterocycles. The van der Waals surface area contributed by atoms with Crippen molar-refractivity contribution in [3.05, 3.63) is 46.6 Å². The number of Topliss-reactive ketones (excluding diaryl/α,β-unsaturated/α-hetero) is 1. The minimum absolute atomic E-state index is 0.153. The first-order valence-corrected chi connectivity index (χ1v) is 4.92. The van der Waals surface area contributed by atoms with Gasteiger partial charge in [-0.1, -0.05) is 0 Å². The molecule has 82 valence electrons. The number of aliphatic imine (C=N–C) groups is 1. The SMILES string of the molecule is O=C(O)C(=O)c1ccc2c(c1)=C1C=CN=C1N=2. The van der Waals surface area contributed by atoms with Crippen molar-refractivity contribution in [2.75, 3.05) is 0 Å². The number of amidine groups is 1. The molecule has 0 unspecified atom stereocenters. The van der Waals surface area contributed by atoms with Crippen LogP contribution in [0.5, 0.6) is 0 Å². The molecule has 1 aromatic rings. The third-order valence-electron chi connectivity index (χ3n) is 2.65. The molecule has 2 aliphatic rings. The second-order valence-corrected chi connectivity index (χ2v) is 3.66. The average Bonchev–Trinajstić information content (AvgIpc) is 2.87. The number of ketones is 1. The van der Waals surface area contributed by atoms with Crippen molar-refractivity contribution in [1.29, 1.82) is 0 Å². The third kappa shape index (κ3) is 1.32. The number of carbonyl (C=O) groups is 2. The van der Waals surface area contributed by atoms with Crippen LogP contribution < -0.4 is 10.6 Å². The maximum atomic E-state index is 11.3. The summed E-state index contributed by atoms with van der Waals surface area (Å²) in [5, 5.41) is 10.1. The van der Waals surface area contributed by atoms with E-state index in [1.165, 1.54) is 6.07 Å². The Kier molecular flexibility index (Phi) is 1.82. The number of aliphatic carboxylic acids is 1. The minimum Gasteiger partial charge on any atom is -0.475 e. The van der Waals surface area contributed by atoms with Crippen molar-refractivity contribution in [1.82, 2.24) is 0 Å². The lowest BCUT2D eigenvalue weighted by Gasteiger charge is -1.94. The van der Waals surface area contributed by atoms with Crippen LogP contribution >= 0.6 is 0 Å². The van der Waals surface area contributed by atoms with Crippen molar-refractivity contribution >= 4 is 23.2 Å². The fourth-order valence-electron chi connectivity index (χ4n) is 1.85. The number of hydrogen-bond acceptors (Lipinski definition) is 4. The highest BCUT2D eigenvalue weighted by atomic mass is 16.4. The Hall–Kier alpha value is -2.56. The number of hydrogen-bond donors (Lipinski definition) is 1. The molecule has 0 saturated carbocycles. The molecule has 3 rings (SSSR count). The van der Waals surface area contributed by atoms with Gasteiger partial charge in [0.25, 0.3) is 5.78 Å². The van der Waals surface area contributed by atoms with Crippen LogP contribution in [0.25, 0.3) is 5.57 Å². The zero-order valence-corrected chi connectivity index (χ0v) is 8.54. The second kappa shape index (κ2) is 3.21. The number of rotatable bonds is 2. The third-order valence-corrected chi connectivity index (χ3v) is 2.65. The summed E-state index contributed by atoms with van der Waals surface area (Å²) in [6.45, 7) is 0. The van der Waals surface area contributed by atoms with E-state index in [2.05, 4.69) is 9.98 Å². The first-order chi connectivity index (χ1) is 8.16. The summed E-state index contributed by atoms with van der Waals surface area (Å²) in [7, 11) is 0. The lowest BCUT2D eigenvalue weighted by atomic mass is 10.1. The first kappa shape index (κ1) is 9.65. The van der Waals surface area contributed by atoms with Gasteiger partial charge < -0.3 is 5.11 Å². The molecule has 5 nitrogen and oxygen atoms in total. The van der Waals surface area contributed by atoms with Gasteiger partial charge >= 0.3 is 5.97 Å². The minimum atomic E-state index is -1.46. The summed E-state index contributed by atoms with van der Waals surface area (Å²) in [5.41, 5.74) is 0.987. The highest BCUT2D eigenvalue weighted by molar-refractivity contribution is 6.39.